The van der Waals surface area contributed by atoms with E-state index in [0.717, 1.165) is 27.7 Å². The van der Waals surface area contributed by atoms with Crippen LogP contribution in [0.3, 0.4) is 0 Å². The second kappa shape index (κ2) is 6.64. The molecular weight excluding hydrogens is 342 g/mol. The number of aromatic amines is 1. The number of aromatic nitrogens is 1. The zero-order valence-corrected chi connectivity index (χ0v) is 15.0. The summed E-state index contributed by atoms with van der Waals surface area (Å²) in [6.07, 6.45) is 1.58. The van der Waals surface area contributed by atoms with Gasteiger partial charge in [-0.3, -0.25) is 4.79 Å². The molecule has 0 fully saturated rings. The Bertz CT molecular complexity index is 1210. The highest BCUT2D eigenvalue weighted by atomic mass is 16.3. The van der Waals surface area contributed by atoms with E-state index in [9.17, 15) is 9.59 Å². The van der Waals surface area contributed by atoms with Gasteiger partial charge >= 0.3 is 6.03 Å². The van der Waals surface area contributed by atoms with Gasteiger partial charge in [-0.15, -0.1) is 0 Å². The topological polar surface area (TPSA) is 87.1 Å². The third kappa shape index (κ3) is 3.17. The largest absolute Gasteiger partial charge is 0.459 e. The first kappa shape index (κ1) is 16.9. The molecule has 0 aliphatic heterocycles. The Kier molecular flexibility index (Phi) is 4.16. The predicted octanol–water partition coefficient (Wildman–Crippen LogP) is 4.47. The Balaban J connectivity index is 1.51. The molecule has 0 spiro atoms. The monoisotopic (exact) mass is 361 g/mol. The number of nitrogens with one attached hydrogen (secondary N) is 3. The molecule has 1 atom stereocenters. The first-order chi connectivity index (χ1) is 13.0. The van der Waals surface area contributed by atoms with Crippen molar-refractivity contribution in [2.75, 3.05) is 5.32 Å². The van der Waals surface area contributed by atoms with Crippen LogP contribution < -0.4 is 16.2 Å². The van der Waals surface area contributed by atoms with Crippen molar-refractivity contribution in [1.29, 1.82) is 0 Å². The van der Waals surface area contributed by atoms with Crippen LogP contribution in [0.25, 0.3) is 21.7 Å². The fourth-order valence-electron chi connectivity index (χ4n) is 3.31. The second-order valence-corrected chi connectivity index (χ2v) is 6.52. The number of hydrogen-bond acceptors (Lipinski definition) is 3. The minimum Gasteiger partial charge on any atom is -0.459 e. The number of fused-ring (bicyclic) bond motifs is 2. The van der Waals surface area contributed by atoms with Gasteiger partial charge in [-0.25, -0.2) is 4.79 Å². The maximum absolute atomic E-state index is 12.4. The van der Waals surface area contributed by atoms with Crippen molar-refractivity contribution in [3.8, 4) is 0 Å². The number of H-pyrrole nitrogens is 1. The van der Waals surface area contributed by atoms with Crippen LogP contribution in [0.1, 0.15) is 24.3 Å². The van der Waals surface area contributed by atoms with Gasteiger partial charge in [0.05, 0.1) is 6.04 Å². The Morgan fingerprint density at radius 3 is 2.74 bits per heavy atom. The summed E-state index contributed by atoms with van der Waals surface area (Å²) in [7, 11) is 0. The molecule has 4 aromatic rings. The van der Waals surface area contributed by atoms with Gasteiger partial charge in [0.15, 0.2) is 0 Å². The number of furan rings is 1. The maximum Gasteiger partial charge on any atom is 0.319 e. The van der Waals surface area contributed by atoms with E-state index in [2.05, 4.69) is 15.6 Å². The van der Waals surface area contributed by atoms with Crippen LogP contribution in [0.2, 0.25) is 0 Å². The van der Waals surface area contributed by atoms with Crippen molar-refractivity contribution >= 4 is 33.5 Å². The lowest BCUT2D eigenvalue weighted by atomic mass is 10.1. The maximum atomic E-state index is 12.4. The van der Waals surface area contributed by atoms with E-state index >= 15 is 0 Å². The molecule has 0 radical (unpaired) electrons. The van der Waals surface area contributed by atoms with E-state index < -0.39 is 0 Å². The Labute approximate surface area is 155 Å². The molecule has 27 heavy (non-hydrogen) atoms. The number of hydrogen-bond donors (Lipinski definition) is 3. The number of carbonyl (C=O) groups is 1. The minimum absolute atomic E-state index is 0.155. The van der Waals surface area contributed by atoms with Gasteiger partial charge in [0.25, 0.3) is 5.56 Å². The first-order valence-electron chi connectivity index (χ1n) is 8.70. The zero-order chi connectivity index (χ0) is 19.0. The molecule has 6 nitrogen and oxygen atoms in total. The van der Waals surface area contributed by atoms with Gasteiger partial charge in [-0.2, -0.15) is 0 Å². The van der Waals surface area contributed by atoms with Crippen LogP contribution >= 0.6 is 0 Å². The van der Waals surface area contributed by atoms with Gasteiger partial charge in [-0.05, 0) is 49.6 Å². The number of para-hydroxylation sites is 1. The number of aryl methyl sites for hydroxylation is 1. The molecular formula is C21H19N3O3. The van der Waals surface area contributed by atoms with Gasteiger partial charge in [0.2, 0.25) is 0 Å². The third-order valence-corrected chi connectivity index (χ3v) is 4.65. The number of benzene rings is 2. The summed E-state index contributed by atoms with van der Waals surface area (Å²) in [6, 6.07) is 14.1. The van der Waals surface area contributed by atoms with Crippen molar-refractivity contribution in [2.24, 2.45) is 0 Å². The summed E-state index contributed by atoms with van der Waals surface area (Å²) in [5.41, 5.74) is 2.28. The van der Waals surface area contributed by atoms with Gasteiger partial charge < -0.3 is 20.0 Å². The molecule has 0 aliphatic carbocycles. The second-order valence-electron chi connectivity index (χ2n) is 6.52. The van der Waals surface area contributed by atoms with E-state index in [1.807, 2.05) is 38.1 Å². The highest BCUT2D eigenvalue weighted by Crippen LogP contribution is 2.29. The van der Waals surface area contributed by atoms with Crippen LogP contribution in [0, 0.1) is 6.92 Å². The SMILES string of the molecule is Cc1c([C@@H](C)NC(=O)Nc2ccc3c(=O)[nH]ccc3c2)oc2ccccc12. The summed E-state index contributed by atoms with van der Waals surface area (Å²) >= 11 is 0. The molecule has 3 N–H and O–H groups in total. The molecule has 2 aromatic heterocycles. The zero-order valence-electron chi connectivity index (χ0n) is 15.0. The van der Waals surface area contributed by atoms with Crippen LogP contribution in [0.5, 0.6) is 0 Å². The standard InChI is InChI=1S/C21H19N3O3/c1-12-16-5-3-4-6-18(16)27-19(12)13(2)23-21(26)24-15-7-8-17-14(11-15)9-10-22-20(17)25/h3-11,13H,1-2H3,(H,22,25)(H2,23,24,26)/t13-/m1/s1. The van der Waals surface area contributed by atoms with Crippen molar-refractivity contribution in [1.82, 2.24) is 10.3 Å². The Morgan fingerprint density at radius 2 is 1.93 bits per heavy atom. The normalized spacial score (nSPS) is 12.2. The van der Waals surface area contributed by atoms with Gasteiger partial charge in [-0.1, -0.05) is 18.2 Å². The summed E-state index contributed by atoms with van der Waals surface area (Å²) in [5, 5.41) is 8.08. The lowest BCUT2D eigenvalue weighted by Gasteiger charge is -2.14. The summed E-state index contributed by atoms with van der Waals surface area (Å²) in [5.74, 6) is 0.733. The third-order valence-electron chi connectivity index (χ3n) is 4.65. The molecule has 0 bridgehead atoms. The number of anilines is 1. The van der Waals surface area contributed by atoms with Crippen molar-refractivity contribution in [2.45, 2.75) is 19.9 Å². The van der Waals surface area contributed by atoms with Gasteiger partial charge in [0.1, 0.15) is 11.3 Å². The van der Waals surface area contributed by atoms with Crippen molar-refractivity contribution in [3.63, 3.8) is 0 Å². The lowest BCUT2D eigenvalue weighted by molar-refractivity contribution is 0.248. The predicted molar refractivity (Wildman–Crippen MR) is 106 cm³/mol. The molecule has 2 amide bonds. The molecule has 0 saturated carbocycles. The molecule has 2 heterocycles. The number of carbonyl (C=O) groups excluding carboxylic acids is 1. The number of urea groups is 1. The Morgan fingerprint density at radius 1 is 1.11 bits per heavy atom. The van der Waals surface area contributed by atoms with E-state index in [0.29, 0.717) is 11.1 Å². The highest BCUT2D eigenvalue weighted by Gasteiger charge is 2.18. The number of amides is 2. The molecule has 2 aromatic carbocycles. The van der Waals surface area contributed by atoms with Crippen LogP contribution in [0.15, 0.2) is 63.9 Å². The van der Waals surface area contributed by atoms with Crippen molar-refractivity contribution < 1.29 is 9.21 Å². The fourth-order valence-corrected chi connectivity index (χ4v) is 3.31. The average Bonchev–Trinajstić information content (AvgIpc) is 2.99. The molecule has 6 heteroatoms. The molecule has 136 valence electrons. The first-order valence-corrected chi connectivity index (χ1v) is 8.70. The number of pyridine rings is 1. The average molecular weight is 361 g/mol. The summed E-state index contributed by atoms with van der Waals surface area (Å²) in [4.78, 5) is 26.8. The molecule has 0 saturated heterocycles. The van der Waals surface area contributed by atoms with Crippen LogP contribution in [-0.2, 0) is 0 Å². The highest BCUT2D eigenvalue weighted by molar-refractivity contribution is 5.93. The van der Waals surface area contributed by atoms with Crippen LogP contribution in [0.4, 0.5) is 10.5 Å². The van der Waals surface area contributed by atoms with E-state index in [-0.39, 0.29) is 17.6 Å². The number of rotatable bonds is 3. The van der Waals surface area contributed by atoms with Crippen molar-refractivity contribution in [3.05, 3.63) is 76.4 Å². The summed E-state index contributed by atoms with van der Waals surface area (Å²) in [6.45, 7) is 3.86. The molecule has 0 unspecified atom stereocenters. The smallest absolute Gasteiger partial charge is 0.319 e. The van der Waals surface area contributed by atoms with E-state index in [4.69, 9.17) is 4.42 Å². The molecule has 0 aliphatic rings. The van der Waals surface area contributed by atoms with Gasteiger partial charge in [0, 0.05) is 28.2 Å². The fraction of sp³-hybridized carbons (Fsp3) is 0.143. The molecule has 4 rings (SSSR count). The quantitative estimate of drug-likeness (QED) is 0.503. The lowest BCUT2D eigenvalue weighted by Crippen LogP contribution is -2.31. The van der Waals surface area contributed by atoms with E-state index in [1.54, 1.807) is 30.5 Å². The van der Waals surface area contributed by atoms with Crippen LogP contribution in [-0.4, -0.2) is 11.0 Å². The minimum atomic E-state index is -0.341. The summed E-state index contributed by atoms with van der Waals surface area (Å²) < 4.78 is 5.90. The Hall–Kier alpha value is -3.54. The van der Waals surface area contributed by atoms with E-state index in [1.165, 1.54) is 0 Å².